The summed E-state index contributed by atoms with van der Waals surface area (Å²) in [5.41, 5.74) is 3.83. The Kier molecular flexibility index (Phi) is 4.79. The normalized spacial score (nSPS) is 22.9. The van der Waals surface area contributed by atoms with Crippen LogP contribution in [0.1, 0.15) is 31.0 Å². The van der Waals surface area contributed by atoms with Gasteiger partial charge in [-0.25, -0.2) is 17.7 Å². The van der Waals surface area contributed by atoms with Crippen LogP contribution in [0, 0.1) is 5.92 Å². The van der Waals surface area contributed by atoms with Crippen molar-refractivity contribution in [3.63, 3.8) is 0 Å². The summed E-state index contributed by atoms with van der Waals surface area (Å²) in [6, 6.07) is -0.00740. The third-order valence-corrected chi connectivity index (χ3v) is 5.20. The number of piperidine rings is 1. The number of nitrogens with zero attached hydrogens (tertiary/aromatic N) is 3. The SMILES string of the molecule is Cn1cncc1C(CC1CCCN(S(C)(=O)=O)C1)NN. The molecule has 20 heavy (non-hydrogen) atoms. The molecule has 0 aliphatic carbocycles. The van der Waals surface area contributed by atoms with Crippen molar-refractivity contribution in [3.8, 4) is 0 Å². The van der Waals surface area contributed by atoms with Gasteiger partial charge in [0, 0.05) is 26.3 Å². The Labute approximate surface area is 120 Å². The van der Waals surface area contributed by atoms with Gasteiger partial charge >= 0.3 is 0 Å². The molecule has 2 heterocycles. The third kappa shape index (κ3) is 3.57. The van der Waals surface area contributed by atoms with E-state index in [1.807, 2.05) is 11.6 Å². The van der Waals surface area contributed by atoms with Crippen LogP contribution in [0.5, 0.6) is 0 Å². The maximum absolute atomic E-state index is 11.6. The molecule has 0 spiro atoms. The Bertz CT molecular complexity index is 542. The van der Waals surface area contributed by atoms with Gasteiger partial charge in [0.25, 0.3) is 0 Å². The Balaban J connectivity index is 2.03. The zero-order valence-corrected chi connectivity index (χ0v) is 12.8. The van der Waals surface area contributed by atoms with Gasteiger partial charge in [-0.05, 0) is 25.2 Å². The second kappa shape index (κ2) is 6.21. The molecule has 0 bridgehead atoms. The van der Waals surface area contributed by atoms with Gasteiger partial charge in [-0.15, -0.1) is 0 Å². The van der Waals surface area contributed by atoms with E-state index in [1.54, 1.807) is 16.8 Å². The van der Waals surface area contributed by atoms with Crippen molar-refractivity contribution in [2.45, 2.75) is 25.3 Å². The molecule has 1 aliphatic heterocycles. The van der Waals surface area contributed by atoms with Crippen LogP contribution in [0.15, 0.2) is 12.5 Å². The van der Waals surface area contributed by atoms with Gasteiger partial charge in [-0.2, -0.15) is 0 Å². The molecule has 2 atom stereocenters. The Hall–Kier alpha value is -0.960. The van der Waals surface area contributed by atoms with E-state index in [0.717, 1.165) is 25.0 Å². The number of hydrogen-bond donors (Lipinski definition) is 2. The summed E-state index contributed by atoms with van der Waals surface area (Å²) in [6.07, 6.45) is 7.55. The number of aromatic nitrogens is 2. The molecule has 0 radical (unpaired) electrons. The fraction of sp³-hybridized carbons (Fsp3) is 0.750. The van der Waals surface area contributed by atoms with Crippen LogP contribution >= 0.6 is 0 Å². The molecule has 8 heteroatoms. The summed E-state index contributed by atoms with van der Waals surface area (Å²) in [7, 11) is -1.17. The van der Waals surface area contributed by atoms with E-state index < -0.39 is 10.0 Å². The average Bonchev–Trinajstić information content (AvgIpc) is 2.81. The lowest BCUT2D eigenvalue weighted by molar-refractivity contribution is 0.236. The molecule has 0 saturated carbocycles. The van der Waals surface area contributed by atoms with Crippen molar-refractivity contribution in [2.24, 2.45) is 18.8 Å². The van der Waals surface area contributed by atoms with E-state index in [0.29, 0.717) is 19.0 Å². The first-order valence-corrected chi connectivity index (χ1v) is 8.64. The molecule has 114 valence electrons. The molecule has 0 aromatic carbocycles. The number of hydrogen-bond acceptors (Lipinski definition) is 5. The Morgan fingerprint density at radius 2 is 2.35 bits per heavy atom. The third-order valence-electron chi connectivity index (χ3n) is 3.93. The summed E-state index contributed by atoms with van der Waals surface area (Å²) < 4.78 is 26.8. The van der Waals surface area contributed by atoms with E-state index in [9.17, 15) is 8.42 Å². The summed E-state index contributed by atoms with van der Waals surface area (Å²) in [4.78, 5) is 4.10. The molecular formula is C12H23N5O2S. The smallest absolute Gasteiger partial charge is 0.211 e. The van der Waals surface area contributed by atoms with Crippen LogP contribution in [-0.2, 0) is 17.1 Å². The van der Waals surface area contributed by atoms with Gasteiger partial charge in [-0.3, -0.25) is 11.3 Å². The predicted molar refractivity (Wildman–Crippen MR) is 77.0 cm³/mol. The van der Waals surface area contributed by atoms with Crippen LogP contribution in [0.3, 0.4) is 0 Å². The number of rotatable bonds is 5. The van der Waals surface area contributed by atoms with Gasteiger partial charge in [0.05, 0.1) is 24.3 Å². The maximum Gasteiger partial charge on any atom is 0.211 e. The molecule has 3 N–H and O–H groups in total. The number of sulfonamides is 1. The van der Waals surface area contributed by atoms with Crippen molar-refractivity contribution >= 4 is 10.0 Å². The lowest BCUT2D eigenvalue weighted by Crippen LogP contribution is -2.41. The first-order chi connectivity index (χ1) is 9.41. The highest BCUT2D eigenvalue weighted by Crippen LogP contribution is 2.27. The first-order valence-electron chi connectivity index (χ1n) is 6.79. The van der Waals surface area contributed by atoms with Crippen LogP contribution in [0.4, 0.5) is 0 Å². The van der Waals surface area contributed by atoms with Crippen LogP contribution in [0.25, 0.3) is 0 Å². The minimum Gasteiger partial charge on any atom is -0.336 e. The van der Waals surface area contributed by atoms with E-state index in [4.69, 9.17) is 5.84 Å². The van der Waals surface area contributed by atoms with Gasteiger partial charge in [0.1, 0.15) is 0 Å². The van der Waals surface area contributed by atoms with Crippen LogP contribution in [-0.4, -0.2) is 41.6 Å². The molecule has 1 fully saturated rings. The fourth-order valence-electron chi connectivity index (χ4n) is 2.83. The highest BCUT2D eigenvalue weighted by Gasteiger charge is 2.28. The zero-order chi connectivity index (χ0) is 14.8. The molecule has 2 unspecified atom stereocenters. The number of hydrazine groups is 1. The highest BCUT2D eigenvalue weighted by molar-refractivity contribution is 7.88. The van der Waals surface area contributed by atoms with Crippen molar-refractivity contribution in [2.75, 3.05) is 19.3 Å². The standard InChI is InChI=1S/C12H23N5O2S/c1-16-9-14-7-12(16)11(15-13)6-10-4-3-5-17(8-10)20(2,18)19/h7,9-11,15H,3-6,8,13H2,1-2H3. The minimum atomic E-state index is -3.10. The molecule has 1 aromatic rings. The van der Waals surface area contributed by atoms with Crippen molar-refractivity contribution in [1.82, 2.24) is 19.3 Å². The Morgan fingerprint density at radius 1 is 1.60 bits per heavy atom. The lowest BCUT2D eigenvalue weighted by Gasteiger charge is -2.32. The second-order valence-electron chi connectivity index (χ2n) is 5.51. The molecule has 2 rings (SSSR count). The maximum atomic E-state index is 11.6. The molecule has 1 aromatic heterocycles. The lowest BCUT2D eigenvalue weighted by atomic mass is 9.91. The summed E-state index contributed by atoms with van der Waals surface area (Å²) in [5.74, 6) is 5.96. The number of imidazole rings is 1. The van der Waals surface area contributed by atoms with Crippen molar-refractivity contribution in [3.05, 3.63) is 18.2 Å². The molecule has 0 amide bonds. The monoisotopic (exact) mass is 301 g/mol. The summed E-state index contributed by atoms with van der Waals surface area (Å²) >= 11 is 0. The van der Waals surface area contributed by atoms with Gasteiger partial charge in [-0.1, -0.05) is 0 Å². The number of nitrogens with two attached hydrogens (primary N) is 1. The minimum absolute atomic E-state index is 0.00740. The van der Waals surface area contributed by atoms with Crippen molar-refractivity contribution < 1.29 is 8.42 Å². The number of aryl methyl sites for hydroxylation is 1. The van der Waals surface area contributed by atoms with Gasteiger partial charge < -0.3 is 4.57 Å². The Morgan fingerprint density at radius 3 is 2.90 bits per heavy atom. The first kappa shape index (κ1) is 15.4. The number of nitrogens with one attached hydrogen (secondary N) is 1. The zero-order valence-electron chi connectivity index (χ0n) is 12.0. The van der Waals surface area contributed by atoms with E-state index in [-0.39, 0.29) is 6.04 Å². The molecule has 7 nitrogen and oxygen atoms in total. The van der Waals surface area contributed by atoms with E-state index >= 15 is 0 Å². The van der Waals surface area contributed by atoms with E-state index in [1.165, 1.54) is 6.26 Å². The fourth-order valence-corrected chi connectivity index (χ4v) is 3.77. The molecular weight excluding hydrogens is 278 g/mol. The van der Waals surface area contributed by atoms with Crippen LogP contribution in [0.2, 0.25) is 0 Å². The van der Waals surface area contributed by atoms with E-state index in [2.05, 4.69) is 10.4 Å². The largest absolute Gasteiger partial charge is 0.336 e. The van der Waals surface area contributed by atoms with Crippen LogP contribution < -0.4 is 11.3 Å². The van der Waals surface area contributed by atoms with Gasteiger partial charge in [0.15, 0.2) is 0 Å². The highest BCUT2D eigenvalue weighted by atomic mass is 32.2. The topological polar surface area (TPSA) is 93.2 Å². The average molecular weight is 301 g/mol. The predicted octanol–water partition coefficient (Wildman–Crippen LogP) is -0.0138. The molecule has 1 saturated heterocycles. The quantitative estimate of drug-likeness (QED) is 0.589. The van der Waals surface area contributed by atoms with Crippen molar-refractivity contribution in [1.29, 1.82) is 0 Å². The summed E-state index contributed by atoms with van der Waals surface area (Å²) in [5, 5.41) is 0. The van der Waals surface area contributed by atoms with Gasteiger partial charge in [0.2, 0.25) is 10.0 Å². The molecule has 1 aliphatic rings. The second-order valence-corrected chi connectivity index (χ2v) is 7.50. The summed E-state index contributed by atoms with van der Waals surface area (Å²) in [6.45, 7) is 1.20.